The van der Waals surface area contributed by atoms with E-state index in [-0.39, 0.29) is 24.4 Å². The standard InChI is InChI=1S/C13H23N3O2/c1-3-15(4-2)12(17)9-16-8-7-11(13(16)18)14-10-5-6-10/h10-11,14H,3-9H2,1-2H3. The molecule has 2 rings (SSSR count). The third-order valence-corrected chi connectivity index (χ3v) is 3.75. The van der Waals surface area contributed by atoms with Crippen LogP contribution in [0.2, 0.25) is 0 Å². The topological polar surface area (TPSA) is 52.7 Å². The van der Waals surface area contributed by atoms with Gasteiger partial charge in [0.1, 0.15) is 0 Å². The van der Waals surface area contributed by atoms with Gasteiger partial charge in [-0.3, -0.25) is 9.59 Å². The number of nitrogens with one attached hydrogen (secondary N) is 1. The van der Waals surface area contributed by atoms with Gasteiger partial charge in [0.05, 0.1) is 12.6 Å². The summed E-state index contributed by atoms with van der Waals surface area (Å²) in [6, 6.07) is 0.486. The lowest BCUT2D eigenvalue weighted by molar-refractivity contribution is -0.138. The van der Waals surface area contributed by atoms with Gasteiger partial charge in [-0.15, -0.1) is 0 Å². The zero-order valence-electron chi connectivity index (χ0n) is 11.3. The fourth-order valence-electron chi connectivity index (χ4n) is 2.42. The molecule has 5 nitrogen and oxygen atoms in total. The molecule has 1 saturated carbocycles. The second-order valence-electron chi connectivity index (χ2n) is 5.11. The van der Waals surface area contributed by atoms with E-state index < -0.39 is 0 Å². The first kappa shape index (κ1) is 13.3. The second-order valence-corrected chi connectivity index (χ2v) is 5.11. The van der Waals surface area contributed by atoms with E-state index in [0.29, 0.717) is 25.7 Å². The molecule has 5 heteroatoms. The average molecular weight is 253 g/mol. The lowest BCUT2D eigenvalue weighted by Crippen LogP contribution is -2.44. The predicted octanol–water partition coefficient (Wildman–Crippen LogP) is 0.208. The summed E-state index contributed by atoms with van der Waals surface area (Å²) in [5, 5.41) is 3.35. The summed E-state index contributed by atoms with van der Waals surface area (Å²) in [7, 11) is 0. The van der Waals surface area contributed by atoms with Gasteiger partial charge in [-0.05, 0) is 33.1 Å². The van der Waals surface area contributed by atoms with E-state index >= 15 is 0 Å². The van der Waals surface area contributed by atoms with E-state index in [0.717, 1.165) is 6.42 Å². The Kier molecular flexibility index (Phi) is 4.22. The lowest BCUT2D eigenvalue weighted by atomic mass is 10.2. The smallest absolute Gasteiger partial charge is 0.242 e. The number of rotatable bonds is 6. The first-order chi connectivity index (χ1) is 8.65. The van der Waals surface area contributed by atoms with Crippen molar-refractivity contribution in [2.24, 2.45) is 0 Å². The van der Waals surface area contributed by atoms with E-state index in [4.69, 9.17) is 0 Å². The monoisotopic (exact) mass is 253 g/mol. The molecule has 1 N–H and O–H groups in total. The van der Waals surface area contributed by atoms with E-state index in [1.54, 1.807) is 9.80 Å². The summed E-state index contributed by atoms with van der Waals surface area (Å²) in [5.41, 5.74) is 0. The summed E-state index contributed by atoms with van der Waals surface area (Å²) in [5.74, 6) is 0.155. The Morgan fingerprint density at radius 3 is 2.56 bits per heavy atom. The molecule has 0 spiro atoms. The number of likely N-dealkylation sites (N-methyl/N-ethyl adjacent to an activating group) is 1. The maximum Gasteiger partial charge on any atom is 0.242 e. The highest BCUT2D eigenvalue weighted by Crippen LogP contribution is 2.22. The van der Waals surface area contributed by atoms with Crippen LogP contribution in [0.1, 0.15) is 33.1 Å². The van der Waals surface area contributed by atoms with E-state index in [9.17, 15) is 9.59 Å². The molecule has 0 aromatic rings. The van der Waals surface area contributed by atoms with Crippen LogP contribution in [0.4, 0.5) is 0 Å². The Morgan fingerprint density at radius 1 is 1.33 bits per heavy atom. The average Bonchev–Trinajstić information content (AvgIpc) is 3.11. The van der Waals surface area contributed by atoms with Gasteiger partial charge in [-0.2, -0.15) is 0 Å². The number of likely N-dealkylation sites (tertiary alicyclic amines) is 1. The molecule has 0 aromatic heterocycles. The number of hydrogen-bond acceptors (Lipinski definition) is 3. The maximum absolute atomic E-state index is 12.1. The van der Waals surface area contributed by atoms with Crippen molar-refractivity contribution in [2.75, 3.05) is 26.2 Å². The van der Waals surface area contributed by atoms with Crippen LogP contribution in [0.3, 0.4) is 0 Å². The van der Waals surface area contributed by atoms with Gasteiger partial charge < -0.3 is 15.1 Å². The number of nitrogens with zero attached hydrogens (tertiary/aromatic N) is 2. The molecule has 1 aliphatic carbocycles. The number of carbonyl (C=O) groups excluding carboxylic acids is 2. The molecule has 1 aliphatic heterocycles. The van der Waals surface area contributed by atoms with Crippen molar-refractivity contribution in [1.29, 1.82) is 0 Å². The van der Waals surface area contributed by atoms with Crippen molar-refractivity contribution in [2.45, 2.75) is 45.2 Å². The molecule has 1 atom stereocenters. The maximum atomic E-state index is 12.1. The van der Waals surface area contributed by atoms with Crippen molar-refractivity contribution < 1.29 is 9.59 Å². The third-order valence-electron chi connectivity index (χ3n) is 3.75. The summed E-state index contributed by atoms with van der Waals surface area (Å²) in [6.07, 6.45) is 3.20. The minimum absolute atomic E-state index is 0.0537. The van der Waals surface area contributed by atoms with Crippen molar-refractivity contribution in [1.82, 2.24) is 15.1 Å². The fraction of sp³-hybridized carbons (Fsp3) is 0.846. The van der Waals surface area contributed by atoms with Gasteiger partial charge in [0, 0.05) is 25.7 Å². The molecule has 0 aromatic carbocycles. The van der Waals surface area contributed by atoms with Crippen LogP contribution in [0.25, 0.3) is 0 Å². The molecular formula is C13H23N3O2. The number of hydrogen-bond donors (Lipinski definition) is 1. The minimum atomic E-state index is -0.0537. The Morgan fingerprint density at radius 2 is 2.00 bits per heavy atom. The summed E-state index contributed by atoms with van der Waals surface area (Å²) >= 11 is 0. The number of amides is 2. The van der Waals surface area contributed by atoms with Crippen LogP contribution in [-0.2, 0) is 9.59 Å². The van der Waals surface area contributed by atoms with E-state index in [1.165, 1.54) is 12.8 Å². The first-order valence-electron chi connectivity index (χ1n) is 6.98. The molecule has 102 valence electrons. The van der Waals surface area contributed by atoms with Crippen LogP contribution in [-0.4, -0.2) is 59.9 Å². The highest BCUT2D eigenvalue weighted by atomic mass is 16.2. The summed E-state index contributed by atoms with van der Waals surface area (Å²) in [4.78, 5) is 27.5. The minimum Gasteiger partial charge on any atom is -0.342 e. The zero-order chi connectivity index (χ0) is 13.1. The van der Waals surface area contributed by atoms with Crippen LogP contribution >= 0.6 is 0 Å². The molecule has 0 radical (unpaired) electrons. The zero-order valence-corrected chi connectivity index (χ0v) is 11.3. The molecule has 2 aliphatic rings. The molecular weight excluding hydrogens is 230 g/mol. The van der Waals surface area contributed by atoms with E-state index in [2.05, 4.69) is 5.32 Å². The van der Waals surface area contributed by atoms with Gasteiger partial charge in [-0.1, -0.05) is 0 Å². The van der Waals surface area contributed by atoms with Crippen LogP contribution in [0.5, 0.6) is 0 Å². The third kappa shape index (κ3) is 3.02. The quantitative estimate of drug-likeness (QED) is 0.736. The normalized spacial score (nSPS) is 23.6. The fourth-order valence-corrected chi connectivity index (χ4v) is 2.42. The van der Waals surface area contributed by atoms with E-state index in [1.807, 2.05) is 13.8 Å². The van der Waals surface area contributed by atoms with Gasteiger partial charge in [-0.25, -0.2) is 0 Å². The van der Waals surface area contributed by atoms with Gasteiger partial charge in [0.25, 0.3) is 0 Å². The molecule has 18 heavy (non-hydrogen) atoms. The van der Waals surface area contributed by atoms with Crippen molar-refractivity contribution in [3.8, 4) is 0 Å². The van der Waals surface area contributed by atoms with Crippen molar-refractivity contribution >= 4 is 11.8 Å². The second kappa shape index (κ2) is 5.69. The molecule has 1 heterocycles. The summed E-state index contributed by atoms with van der Waals surface area (Å²) < 4.78 is 0. The molecule has 1 unspecified atom stereocenters. The van der Waals surface area contributed by atoms with Gasteiger partial charge in [0.2, 0.25) is 11.8 Å². The lowest BCUT2D eigenvalue weighted by Gasteiger charge is -2.23. The number of carbonyl (C=O) groups is 2. The van der Waals surface area contributed by atoms with Crippen molar-refractivity contribution in [3.63, 3.8) is 0 Å². The molecule has 0 bridgehead atoms. The van der Waals surface area contributed by atoms with Crippen molar-refractivity contribution in [3.05, 3.63) is 0 Å². The Hall–Kier alpha value is -1.10. The molecule has 2 fully saturated rings. The summed E-state index contributed by atoms with van der Waals surface area (Å²) in [6.45, 7) is 6.29. The van der Waals surface area contributed by atoms with Gasteiger partial charge >= 0.3 is 0 Å². The highest BCUT2D eigenvalue weighted by Gasteiger charge is 2.36. The predicted molar refractivity (Wildman–Crippen MR) is 69.1 cm³/mol. The SMILES string of the molecule is CCN(CC)C(=O)CN1CCC(NC2CC2)C1=O. The van der Waals surface area contributed by atoms with Crippen LogP contribution < -0.4 is 5.32 Å². The Labute approximate surface area is 108 Å². The molecule has 1 saturated heterocycles. The van der Waals surface area contributed by atoms with Crippen LogP contribution in [0, 0.1) is 0 Å². The largest absolute Gasteiger partial charge is 0.342 e. The van der Waals surface area contributed by atoms with Gasteiger partial charge in [0.15, 0.2) is 0 Å². The Bertz CT molecular complexity index is 324. The highest BCUT2D eigenvalue weighted by molar-refractivity contribution is 5.89. The molecule has 2 amide bonds. The Balaban J connectivity index is 1.82. The van der Waals surface area contributed by atoms with Crippen LogP contribution in [0.15, 0.2) is 0 Å². The first-order valence-corrected chi connectivity index (χ1v) is 6.98.